The molecule has 1 aliphatic rings. The van der Waals surface area contributed by atoms with Gasteiger partial charge in [-0.25, -0.2) is 4.39 Å². The molecule has 0 saturated carbocycles. The maximum absolute atomic E-state index is 13.5. The van der Waals surface area contributed by atoms with E-state index in [0.717, 1.165) is 11.8 Å². The molecular formula is C20H13BrFNO3S2. The standard InChI is InChI=1S/C20H13BrFNO3S2/c1-3-7-26-18-15(21)8-12(9-16(18)25-2)10-17-19(24)23(20(27)28-17)14-6-4-5-13(22)11-14/h1,4-6,8-11H,7H2,2H3/b17-10+. The Morgan fingerprint density at radius 2 is 2.18 bits per heavy atom. The van der Waals surface area contributed by atoms with Gasteiger partial charge in [-0.15, -0.1) is 6.42 Å². The molecular weight excluding hydrogens is 465 g/mol. The van der Waals surface area contributed by atoms with E-state index in [1.807, 2.05) is 0 Å². The lowest BCUT2D eigenvalue weighted by atomic mass is 10.1. The fourth-order valence-corrected chi connectivity index (χ4v) is 4.41. The fourth-order valence-electron chi connectivity index (χ4n) is 2.53. The third-order valence-electron chi connectivity index (χ3n) is 3.71. The van der Waals surface area contributed by atoms with Gasteiger partial charge in [0, 0.05) is 0 Å². The highest BCUT2D eigenvalue weighted by molar-refractivity contribution is 9.10. The number of anilines is 1. The number of benzene rings is 2. The van der Waals surface area contributed by atoms with Crippen LogP contribution in [0, 0.1) is 18.2 Å². The predicted molar refractivity (Wildman–Crippen MR) is 117 cm³/mol. The molecule has 142 valence electrons. The van der Waals surface area contributed by atoms with Crippen LogP contribution in [0.1, 0.15) is 5.56 Å². The van der Waals surface area contributed by atoms with Crippen LogP contribution in [0.2, 0.25) is 0 Å². The third-order valence-corrected chi connectivity index (χ3v) is 5.60. The molecule has 1 saturated heterocycles. The van der Waals surface area contributed by atoms with Crippen LogP contribution in [-0.4, -0.2) is 23.9 Å². The quantitative estimate of drug-likeness (QED) is 0.343. The van der Waals surface area contributed by atoms with Crippen LogP contribution in [-0.2, 0) is 4.79 Å². The molecule has 3 rings (SSSR count). The molecule has 0 spiro atoms. The molecule has 0 aliphatic carbocycles. The number of hydrogen-bond acceptors (Lipinski definition) is 5. The summed E-state index contributed by atoms with van der Waals surface area (Å²) in [7, 11) is 1.51. The average molecular weight is 478 g/mol. The molecule has 0 bridgehead atoms. The number of thioether (sulfide) groups is 1. The van der Waals surface area contributed by atoms with Gasteiger partial charge in [0.1, 0.15) is 12.4 Å². The summed E-state index contributed by atoms with van der Waals surface area (Å²) in [6, 6.07) is 9.25. The van der Waals surface area contributed by atoms with E-state index in [9.17, 15) is 9.18 Å². The molecule has 28 heavy (non-hydrogen) atoms. The first-order valence-electron chi connectivity index (χ1n) is 7.92. The summed E-state index contributed by atoms with van der Waals surface area (Å²) in [4.78, 5) is 14.5. The van der Waals surface area contributed by atoms with E-state index in [4.69, 9.17) is 28.1 Å². The summed E-state index contributed by atoms with van der Waals surface area (Å²) >= 11 is 9.89. The third kappa shape index (κ3) is 4.22. The summed E-state index contributed by atoms with van der Waals surface area (Å²) in [5.74, 6) is 2.59. The van der Waals surface area contributed by atoms with Crippen LogP contribution < -0.4 is 14.4 Å². The van der Waals surface area contributed by atoms with Crippen molar-refractivity contribution in [1.29, 1.82) is 0 Å². The Balaban J connectivity index is 1.94. The van der Waals surface area contributed by atoms with Crippen LogP contribution in [0.4, 0.5) is 10.1 Å². The first-order chi connectivity index (χ1) is 13.4. The van der Waals surface area contributed by atoms with Crippen molar-refractivity contribution < 1.29 is 18.7 Å². The maximum Gasteiger partial charge on any atom is 0.270 e. The zero-order chi connectivity index (χ0) is 20.3. The van der Waals surface area contributed by atoms with Crippen molar-refractivity contribution in [2.24, 2.45) is 0 Å². The number of amides is 1. The zero-order valence-electron chi connectivity index (χ0n) is 14.6. The van der Waals surface area contributed by atoms with Crippen LogP contribution in [0.25, 0.3) is 6.08 Å². The summed E-state index contributed by atoms with van der Waals surface area (Å²) < 4.78 is 25.3. The zero-order valence-corrected chi connectivity index (χ0v) is 17.8. The number of methoxy groups -OCH3 is 1. The lowest BCUT2D eigenvalue weighted by Crippen LogP contribution is -2.27. The van der Waals surface area contributed by atoms with Gasteiger partial charge in [0.15, 0.2) is 15.8 Å². The number of rotatable bonds is 5. The van der Waals surface area contributed by atoms with Gasteiger partial charge in [-0.2, -0.15) is 0 Å². The molecule has 1 aliphatic heterocycles. The van der Waals surface area contributed by atoms with Crippen molar-refractivity contribution in [2.75, 3.05) is 18.6 Å². The average Bonchev–Trinajstić information content (AvgIpc) is 2.93. The summed E-state index contributed by atoms with van der Waals surface area (Å²) in [6.45, 7) is 0.0978. The van der Waals surface area contributed by atoms with Gasteiger partial charge in [0.05, 0.1) is 22.2 Å². The van der Waals surface area contributed by atoms with Crippen molar-refractivity contribution in [3.63, 3.8) is 0 Å². The highest BCUT2D eigenvalue weighted by Gasteiger charge is 2.33. The lowest BCUT2D eigenvalue weighted by molar-refractivity contribution is -0.113. The highest BCUT2D eigenvalue weighted by Crippen LogP contribution is 2.40. The molecule has 0 N–H and O–H groups in total. The Hall–Kier alpha value is -2.34. The van der Waals surface area contributed by atoms with E-state index >= 15 is 0 Å². The van der Waals surface area contributed by atoms with Gasteiger partial charge >= 0.3 is 0 Å². The Bertz CT molecular complexity index is 1030. The van der Waals surface area contributed by atoms with E-state index in [0.29, 0.717) is 36.4 Å². The normalized spacial score (nSPS) is 15.1. The van der Waals surface area contributed by atoms with E-state index in [1.54, 1.807) is 24.3 Å². The SMILES string of the molecule is C#CCOc1c(Br)cc(/C=C2/SC(=S)N(c3cccc(F)c3)C2=O)cc1OC. The van der Waals surface area contributed by atoms with Crippen molar-refractivity contribution >= 4 is 61.9 Å². The molecule has 2 aromatic rings. The molecule has 1 amide bonds. The van der Waals surface area contributed by atoms with E-state index < -0.39 is 5.82 Å². The smallest absolute Gasteiger partial charge is 0.270 e. The number of nitrogens with zero attached hydrogens (tertiary/aromatic N) is 1. The first kappa shape index (κ1) is 20.4. The van der Waals surface area contributed by atoms with E-state index in [1.165, 1.54) is 30.2 Å². The molecule has 1 fully saturated rings. The van der Waals surface area contributed by atoms with Gasteiger partial charge in [0.25, 0.3) is 5.91 Å². The Kier molecular flexibility index (Phi) is 6.39. The van der Waals surface area contributed by atoms with Crippen LogP contribution in [0.3, 0.4) is 0 Å². The molecule has 0 radical (unpaired) electrons. The Labute approximate surface area is 179 Å². The molecule has 0 atom stereocenters. The predicted octanol–water partition coefficient (Wildman–Crippen LogP) is 5.01. The lowest BCUT2D eigenvalue weighted by Gasteiger charge is -2.14. The fraction of sp³-hybridized carbons (Fsp3) is 0.100. The number of carbonyl (C=O) groups is 1. The molecule has 0 aromatic heterocycles. The minimum Gasteiger partial charge on any atom is -0.493 e. The number of ether oxygens (including phenoxy) is 2. The second kappa shape index (κ2) is 8.78. The van der Waals surface area contributed by atoms with Crippen molar-refractivity contribution in [3.8, 4) is 23.8 Å². The van der Waals surface area contributed by atoms with Crippen molar-refractivity contribution in [1.82, 2.24) is 0 Å². The van der Waals surface area contributed by atoms with E-state index in [-0.39, 0.29) is 12.5 Å². The number of thiocarbonyl (C=S) groups is 1. The van der Waals surface area contributed by atoms with E-state index in [2.05, 4.69) is 21.9 Å². The number of terminal acetylenes is 1. The van der Waals surface area contributed by atoms with Gasteiger partial charge in [0.2, 0.25) is 0 Å². The minimum absolute atomic E-state index is 0.0978. The second-order valence-electron chi connectivity index (χ2n) is 5.52. The Morgan fingerprint density at radius 3 is 2.86 bits per heavy atom. The first-order valence-corrected chi connectivity index (χ1v) is 9.93. The summed E-state index contributed by atoms with van der Waals surface area (Å²) in [5, 5.41) is 0. The second-order valence-corrected chi connectivity index (χ2v) is 8.05. The Morgan fingerprint density at radius 1 is 1.39 bits per heavy atom. The molecule has 1 heterocycles. The molecule has 0 unspecified atom stereocenters. The maximum atomic E-state index is 13.5. The summed E-state index contributed by atoms with van der Waals surface area (Å²) in [6.07, 6.45) is 6.93. The van der Waals surface area contributed by atoms with Gasteiger partial charge < -0.3 is 9.47 Å². The van der Waals surface area contributed by atoms with Crippen molar-refractivity contribution in [2.45, 2.75) is 0 Å². The number of carbonyl (C=O) groups excluding carboxylic acids is 1. The van der Waals surface area contributed by atoms with Crippen LogP contribution >= 0.6 is 39.9 Å². The van der Waals surface area contributed by atoms with Gasteiger partial charge in [-0.3, -0.25) is 9.69 Å². The van der Waals surface area contributed by atoms with Crippen LogP contribution in [0.5, 0.6) is 11.5 Å². The van der Waals surface area contributed by atoms with Crippen molar-refractivity contribution in [3.05, 3.63) is 57.2 Å². The topological polar surface area (TPSA) is 38.8 Å². The van der Waals surface area contributed by atoms with Crippen LogP contribution in [0.15, 0.2) is 45.8 Å². The van der Waals surface area contributed by atoms with Gasteiger partial charge in [-0.1, -0.05) is 36.0 Å². The number of halogens is 2. The largest absolute Gasteiger partial charge is 0.493 e. The van der Waals surface area contributed by atoms with Gasteiger partial charge in [-0.05, 0) is 57.9 Å². The monoisotopic (exact) mass is 477 g/mol. The molecule has 4 nitrogen and oxygen atoms in total. The highest BCUT2D eigenvalue weighted by atomic mass is 79.9. The number of hydrogen-bond donors (Lipinski definition) is 0. The molecule has 2 aromatic carbocycles. The summed E-state index contributed by atoms with van der Waals surface area (Å²) in [5.41, 5.74) is 1.10. The minimum atomic E-state index is -0.438. The molecule has 8 heteroatoms.